The molecule has 100 valence electrons. The summed E-state index contributed by atoms with van der Waals surface area (Å²) in [5.74, 6) is 0.217. The molecule has 20 heavy (non-hydrogen) atoms. The predicted molar refractivity (Wildman–Crippen MR) is 80.9 cm³/mol. The number of amides is 1. The molecule has 0 aromatic heterocycles. The van der Waals surface area contributed by atoms with Crippen LogP contribution in [0.2, 0.25) is 0 Å². The molecule has 0 atom stereocenters. The van der Waals surface area contributed by atoms with Gasteiger partial charge < -0.3 is 4.90 Å². The van der Waals surface area contributed by atoms with Crippen LogP contribution >= 0.6 is 0 Å². The molecule has 0 N–H and O–H groups in total. The molecule has 2 aromatic rings. The Morgan fingerprint density at radius 2 is 1.45 bits per heavy atom. The SMILES string of the molecule is O=C1CCCN1C=C(c1ccccc1)c1ccccc1. The van der Waals surface area contributed by atoms with Crippen molar-refractivity contribution in [3.63, 3.8) is 0 Å². The zero-order valence-corrected chi connectivity index (χ0v) is 11.3. The van der Waals surface area contributed by atoms with Crippen LogP contribution in [-0.2, 0) is 4.79 Å². The Hall–Kier alpha value is -2.35. The summed E-state index contributed by atoms with van der Waals surface area (Å²) in [5.41, 5.74) is 3.37. The molecule has 3 rings (SSSR count). The van der Waals surface area contributed by atoms with Crippen molar-refractivity contribution in [1.82, 2.24) is 4.90 Å². The molecule has 0 radical (unpaired) electrons. The van der Waals surface area contributed by atoms with E-state index < -0.39 is 0 Å². The summed E-state index contributed by atoms with van der Waals surface area (Å²) in [6.45, 7) is 0.821. The molecule has 0 bridgehead atoms. The first-order chi connectivity index (χ1) is 9.84. The fraction of sp³-hybridized carbons (Fsp3) is 0.167. The van der Waals surface area contributed by atoms with Gasteiger partial charge in [0.1, 0.15) is 0 Å². The Morgan fingerprint density at radius 3 is 1.90 bits per heavy atom. The Morgan fingerprint density at radius 1 is 0.900 bits per heavy atom. The van der Waals surface area contributed by atoms with E-state index in [-0.39, 0.29) is 5.91 Å². The normalized spacial score (nSPS) is 14.4. The first kappa shape index (κ1) is 12.7. The average Bonchev–Trinajstić information content (AvgIpc) is 2.92. The highest BCUT2D eigenvalue weighted by Gasteiger charge is 2.19. The lowest BCUT2D eigenvalue weighted by atomic mass is 9.99. The van der Waals surface area contributed by atoms with Gasteiger partial charge in [0, 0.05) is 24.7 Å². The van der Waals surface area contributed by atoms with E-state index in [4.69, 9.17) is 0 Å². The van der Waals surface area contributed by atoms with Gasteiger partial charge in [-0.2, -0.15) is 0 Å². The Bertz CT molecular complexity index is 575. The second-order valence-electron chi connectivity index (χ2n) is 4.97. The lowest BCUT2D eigenvalue weighted by molar-refractivity contribution is -0.125. The smallest absolute Gasteiger partial charge is 0.226 e. The first-order valence-corrected chi connectivity index (χ1v) is 6.97. The number of rotatable bonds is 3. The van der Waals surface area contributed by atoms with Crippen LogP contribution in [0.5, 0.6) is 0 Å². The van der Waals surface area contributed by atoms with Crippen molar-refractivity contribution < 1.29 is 4.79 Å². The van der Waals surface area contributed by atoms with Crippen LogP contribution in [0.3, 0.4) is 0 Å². The molecule has 2 heteroatoms. The molecule has 1 aliphatic rings. The molecule has 1 amide bonds. The van der Waals surface area contributed by atoms with Crippen molar-refractivity contribution in [2.45, 2.75) is 12.8 Å². The molecule has 0 spiro atoms. The predicted octanol–water partition coefficient (Wildman–Crippen LogP) is 3.70. The largest absolute Gasteiger partial charge is 0.318 e. The van der Waals surface area contributed by atoms with Gasteiger partial charge in [0.05, 0.1) is 0 Å². The van der Waals surface area contributed by atoms with Gasteiger partial charge in [-0.25, -0.2) is 0 Å². The zero-order valence-electron chi connectivity index (χ0n) is 11.3. The van der Waals surface area contributed by atoms with Crippen LogP contribution in [-0.4, -0.2) is 17.4 Å². The number of hydrogen-bond acceptors (Lipinski definition) is 1. The topological polar surface area (TPSA) is 20.3 Å². The lowest BCUT2D eigenvalue weighted by Gasteiger charge is -2.15. The number of carbonyl (C=O) groups is 1. The van der Waals surface area contributed by atoms with E-state index in [0.717, 1.165) is 29.7 Å². The molecular formula is C18H17NO. The van der Waals surface area contributed by atoms with Gasteiger partial charge in [0.15, 0.2) is 0 Å². The zero-order chi connectivity index (χ0) is 13.8. The maximum Gasteiger partial charge on any atom is 0.226 e. The summed E-state index contributed by atoms with van der Waals surface area (Å²) in [6.07, 6.45) is 3.61. The van der Waals surface area contributed by atoms with E-state index in [2.05, 4.69) is 24.3 Å². The summed E-state index contributed by atoms with van der Waals surface area (Å²) in [5, 5.41) is 0. The average molecular weight is 263 g/mol. The second kappa shape index (κ2) is 5.74. The van der Waals surface area contributed by atoms with Gasteiger partial charge in [-0.05, 0) is 17.5 Å². The van der Waals surface area contributed by atoms with Crippen molar-refractivity contribution in [1.29, 1.82) is 0 Å². The summed E-state index contributed by atoms with van der Waals surface area (Å²) in [4.78, 5) is 13.7. The molecule has 0 unspecified atom stereocenters. The lowest BCUT2D eigenvalue weighted by Crippen LogP contribution is -2.18. The quantitative estimate of drug-likeness (QED) is 0.827. The van der Waals surface area contributed by atoms with Crippen molar-refractivity contribution >= 4 is 11.5 Å². The Labute approximate surface area is 119 Å². The van der Waals surface area contributed by atoms with E-state index in [1.54, 1.807) is 0 Å². The van der Waals surface area contributed by atoms with Crippen LogP contribution in [0.15, 0.2) is 66.9 Å². The standard InChI is InChI=1S/C18H17NO/c20-18-12-7-13-19(18)14-17(15-8-3-1-4-9-15)16-10-5-2-6-11-16/h1-6,8-11,14H,7,12-13H2. The van der Waals surface area contributed by atoms with Crippen LogP contribution in [0.4, 0.5) is 0 Å². The molecule has 2 aromatic carbocycles. The maximum absolute atomic E-state index is 11.9. The van der Waals surface area contributed by atoms with Gasteiger partial charge in [-0.15, -0.1) is 0 Å². The third-order valence-electron chi connectivity index (χ3n) is 3.56. The first-order valence-electron chi connectivity index (χ1n) is 6.97. The number of nitrogens with zero attached hydrogens (tertiary/aromatic N) is 1. The van der Waals surface area contributed by atoms with Gasteiger partial charge in [-0.1, -0.05) is 60.7 Å². The minimum absolute atomic E-state index is 0.217. The van der Waals surface area contributed by atoms with E-state index in [1.165, 1.54) is 0 Å². The van der Waals surface area contributed by atoms with Crippen molar-refractivity contribution in [3.8, 4) is 0 Å². The molecular weight excluding hydrogens is 246 g/mol. The summed E-state index contributed by atoms with van der Waals surface area (Å²) in [7, 11) is 0. The van der Waals surface area contributed by atoms with Crippen molar-refractivity contribution in [3.05, 3.63) is 78.0 Å². The monoisotopic (exact) mass is 263 g/mol. The van der Waals surface area contributed by atoms with E-state index in [9.17, 15) is 4.79 Å². The van der Waals surface area contributed by atoms with Gasteiger partial charge in [0.25, 0.3) is 0 Å². The highest BCUT2D eigenvalue weighted by Crippen LogP contribution is 2.25. The second-order valence-corrected chi connectivity index (χ2v) is 4.97. The Kier molecular flexibility index (Phi) is 3.64. The Balaban J connectivity index is 2.04. The van der Waals surface area contributed by atoms with Crippen LogP contribution in [0, 0.1) is 0 Å². The fourth-order valence-electron chi connectivity index (χ4n) is 2.51. The van der Waals surface area contributed by atoms with E-state index in [0.29, 0.717) is 6.42 Å². The summed E-state index contributed by atoms with van der Waals surface area (Å²) in [6, 6.07) is 20.4. The van der Waals surface area contributed by atoms with Gasteiger partial charge in [-0.3, -0.25) is 4.79 Å². The van der Waals surface area contributed by atoms with Crippen LogP contribution < -0.4 is 0 Å². The minimum Gasteiger partial charge on any atom is -0.318 e. The molecule has 0 saturated carbocycles. The molecule has 0 aliphatic carbocycles. The number of benzene rings is 2. The number of carbonyl (C=O) groups excluding carboxylic acids is 1. The third-order valence-corrected chi connectivity index (χ3v) is 3.56. The van der Waals surface area contributed by atoms with E-state index in [1.807, 2.05) is 47.5 Å². The summed E-state index contributed by atoms with van der Waals surface area (Å²) >= 11 is 0. The van der Waals surface area contributed by atoms with Gasteiger partial charge >= 0.3 is 0 Å². The van der Waals surface area contributed by atoms with Crippen LogP contribution in [0.1, 0.15) is 24.0 Å². The molecule has 1 heterocycles. The highest BCUT2D eigenvalue weighted by atomic mass is 16.2. The third kappa shape index (κ3) is 2.64. The minimum atomic E-state index is 0.217. The molecule has 1 saturated heterocycles. The fourth-order valence-corrected chi connectivity index (χ4v) is 2.51. The number of likely N-dealkylation sites (tertiary alicyclic amines) is 1. The number of hydrogen-bond donors (Lipinski definition) is 0. The van der Waals surface area contributed by atoms with E-state index >= 15 is 0 Å². The van der Waals surface area contributed by atoms with Crippen molar-refractivity contribution in [2.75, 3.05) is 6.54 Å². The maximum atomic E-state index is 11.9. The highest BCUT2D eigenvalue weighted by molar-refractivity contribution is 5.85. The van der Waals surface area contributed by atoms with Gasteiger partial charge in [0.2, 0.25) is 5.91 Å². The van der Waals surface area contributed by atoms with Crippen LogP contribution in [0.25, 0.3) is 5.57 Å². The molecule has 1 aliphatic heterocycles. The summed E-state index contributed by atoms with van der Waals surface area (Å²) < 4.78 is 0. The van der Waals surface area contributed by atoms with Crippen molar-refractivity contribution in [2.24, 2.45) is 0 Å². The molecule has 2 nitrogen and oxygen atoms in total. The molecule has 1 fully saturated rings.